The second-order valence-electron chi connectivity index (χ2n) is 3.67. The van der Waals surface area contributed by atoms with Crippen molar-refractivity contribution in [2.24, 2.45) is 0 Å². The average Bonchev–Trinajstić information content (AvgIpc) is 2.72. The number of aromatic amines is 1. The lowest BCUT2D eigenvalue weighted by Crippen LogP contribution is -2.03. The molecule has 0 aliphatic carbocycles. The van der Waals surface area contributed by atoms with Crippen LogP contribution in [-0.4, -0.2) is 16.2 Å². The van der Waals surface area contributed by atoms with Gasteiger partial charge in [-0.2, -0.15) is 0 Å². The number of rotatable bonds is 4. The van der Waals surface area contributed by atoms with E-state index in [2.05, 4.69) is 11.9 Å². The lowest BCUT2D eigenvalue weighted by molar-refractivity contribution is 0.339. The maximum absolute atomic E-state index is 5.63. The van der Waals surface area contributed by atoms with Gasteiger partial charge in [0.25, 0.3) is 0 Å². The Morgan fingerprint density at radius 2 is 2.06 bits per heavy atom. The highest BCUT2D eigenvalue weighted by Gasteiger charge is 2.09. The smallest absolute Gasteiger partial charge is 0.182 e. The minimum Gasteiger partial charge on any atom is -0.492 e. The van der Waals surface area contributed by atoms with Crippen molar-refractivity contribution in [1.29, 1.82) is 0 Å². The summed E-state index contributed by atoms with van der Waals surface area (Å²) in [5.74, 6) is 0.861. The van der Waals surface area contributed by atoms with Crippen molar-refractivity contribution in [2.45, 2.75) is 20.3 Å². The van der Waals surface area contributed by atoms with E-state index in [-0.39, 0.29) is 0 Å². The molecule has 4 heteroatoms. The van der Waals surface area contributed by atoms with Gasteiger partial charge in [-0.15, -0.1) is 0 Å². The van der Waals surface area contributed by atoms with Gasteiger partial charge in [-0.25, -0.2) is 0 Å². The summed E-state index contributed by atoms with van der Waals surface area (Å²) < 4.78 is 8.37. The zero-order chi connectivity index (χ0) is 12.3. The number of imidazole rings is 1. The minimum absolute atomic E-state index is 0.649. The number of H-pyrrole nitrogens is 1. The van der Waals surface area contributed by atoms with Crippen LogP contribution in [0.2, 0.25) is 0 Å². The molecule has 90 valence electrons. The first kappa shape index (κ1) is 11.9. The van der Waals surface area contributed by atoms with Crippen molar-refractivity contribution in [1.82, 2.24) is 9.55 Å². The number of hydrogen-bond donors (Lipinski definition) is 1. The van der Waals surface area contributed by atoms with E-state index in [0.29, 0.717) is 11.4 Å². The monoisotopic (exact) mass is 248 g/mol. The Kier molecular flexibility index (Phi) is 3.64. The van der Waals surface area contributed by atoms with Crippen LogP contribution in [0, 0.1) is 4.77 Å². The van der Waals surface area contributed by atoms with Crippen molar-refractivity contribution >= 4 is 12.2 Å². The molecule has 0 amide bonds. The standard InChI is InChI=1S/C13H16N2OS/c1-3-10-9-14-13(17)15(10)11-7-5-6-8-12(11)16-4-2/h5-9H,3-4H2,1-2H3,(H,14,17). The van der Waals surface area contributed by atoms with Gasteiger partial charge >= 0.3 is 0 Å². The third-order valence-corrected chi connectivity index (χ3v) is 2.92. The molecule has 17 heavy (non-hydrogen) atoms. The highest BCUT2D eigenvalue weighted by atomic mass is 32.1. The Morgan fingerprint density at radius 1 is 1.29 bits per heavy atom. The van der Waals surface area contributed by atoms with Crippen molar-refractivity contribution in [2.75, 3.05) is 6.61 Å². The van der Waals surface area contributed by atoms with Gasteiger partial charge in [-0.3, -0.25) is 4.57 Å². The number of nitrogens with zero attached hydrogens (tertiary/aromatic N) is 1. The Balaban J connectivity index is 2.59. The lowest BCUT2D eigenvalue weighted by atomic mass is 10.2. The van der Waals surface area contributed by atoms with Gasteiger partial charge in [0, 0.05) is 11.9 Å². The van der Waals surface area contributed by atoms with Crippen molar-refractivity contribution < 1.29 is 4.74 Å². The van der Waals surface area contributed by atoms with Crippen molar-refractivity contribution in [3.63, 3.8) is 0 Å². The summed E-state index contributed by atoms with van der Waals surface area (Å²) in [7, 11) is 0. The molecule has 1 aromatic carbocycles. The summed E-state index contributed by atoms with van der Waals surface area (Å²) in [6.45, 7) is 4.74. The minimum atomic E-state index is 0.649. The second kappa shape index (κ2) is 5.19. The molecule has 2 aromatic rings. The van der Waals surface area contributed by atoms with E-state index in [1.807, 2.05) is 42.0 Å². The molecule has 0 aliphatic heterocycles. The topological polar surface area (TPSA) is 29.9 Å². The first-order chi connectivity index (χ1) is 8.27. The van der Waals surface area contributed by atoms with Gasteiger partial charge in [0.05, 0.1) is 12.3 Å². The number of aromatic nitrogens is 2. The van der Waals surface area contributed by atoms with E-state index in [0.717, 1.165) is 23.6 Å². The maximum atomic E-state index is 5.63. The molecule has 3 nitrogen and oxygen atoms in total. The zero-order valence-corrected chi connectivity index (χ0v) is 10.9. The molecule has 0 fully saturated rings. The van der Waals surface area contributed by atoms with Gasteiger partial charge in [0.15, 0.2) is 4.77 Å². The summed E-state index contributed by atoms with van der Waals surface area (Å²) in [6.07, 6.45) is 2.87. The Morgan fingerprint density at radius 3 is 2.76 bits per heavy atom. The number of benzene rings is 1. The van der Waals surface area contributed by atoms with Crippen LogP contribution in [0.3, 0.4) is 0 Å². The summed E-state index contributed by atoms with van der Waals surface area (Å²) in [6, 6.07) is 7.95. The van der Waals surface area contributed by atoms with E-state index in [9.17, 15) is 0 Å². The fraction of sp³-hybridized carbons (Fsp3) is 0.308. The summed E-state index contributed by atoms with van der Waals surface area (Å²) in [5.41, 5.74) is 2.15. The SMILES string of the molecule is CCOc1ccccc1-n1c(CC)c[nH]c1=S. The molecule has 1 aromatic heterocycles. The molecule has 2 rings (SSSR count). The van der Waals surface area contributed by atoms with E-state index < -0.39 is 0 Å². The van der Waals surface area contributed by atoms with Crippen LogP contribution in [0.5, 0.6) is 5.75 Å². The fourth-order valence-electron chi connectivity index (χ4n) is 1.85. The molecule has 1 heterocycles. The van der Waals surface area contributed by atoms with Crippen molar-refractivity contribution in [3.8, 4) is 11.4 Å². The van der Waals surface area contributed by atoms with Gasteiger partial charge < -0.3 is 9.72 Å². The van der Waals surface area contributed by atoms with Gasteiger partial charge in [-0.1, -0.05) is 19.1 Å². The number of ether oxygens (including phenoxy) is 1. The molecule has 0 bridgehead atoms. The Labute approximate surface area is 106 Å². The predicted molar refractivity (Wildman–Crippen MR) is 71.5 cm³/mol. The average molecular weight is 248 g/mol. The molecule has 0 saturated carbocycles. The van der Waals surface area contributed by atoms with E-state index in [4.69, 9.17) is 17.0 Å². The van der Waals surface area contributed by atoms with Crippen LogP contribution in [0.15, 0.2) is 30.5 Å². The molecule has 0 radical (unpaired) electrons. The zero-order valence-electron chi connectivity index (χ0n) is 10.1. The van der Waals surface area contributed by atoms with Crippen LogP contribution < -0.4 is 4.74 Å². The van der Waals surface area contributed by atoms with Gasteiger partial charge in [0.1, 0.15) is 5.75 Å². The molecule has 0 atom stereocenters. The largest absolute Gasteiger partial charge is 0.492 e. The predicted octanol–water partition coefficient (Wildman–Crippen LogP) is 3.50. The van der Waals surface area contributed by atoms with Gasteiger partial charge in [-0.05, 0) is 37.7 Å². The number of nitrogens with one attached hydrogen (secondary N) is 1. The summed E-state index contributed by atoms with van der Waals surface area (Å²) >= 11 is 5.32. The Hall–Kier alpha value is -1.55. The number of para-hydroxylation sites is 2. The molecule has 0 unspecified atom stereocenters. The first-order valence-corrected chi connectivity index (χ1v) is 6.20. The Bertz CT molecular complexity index is 557. The van der Waals surface area contributed by atoms with E-state index in [1.54, 1.807) is 0 Å². The first-order valence-electron chi connectivity index (χ1n) is 5.79. The van der Waals surface area contributed by atoms with Crippen LogP contribution in [0.25, 0.3) is 5.69 Å². The molecular weight excluding hydrogens is 232 g/mol. The van der Waals surface area contributed by atoms with Crippen LogP contribution >= 0.6 is 12.2 Å². The van der Waals surface area contributed by atoms with Crippen molar-refractivity contribution in [3.05, 3.63) is 40.9 Å². The molecule has 0 aliphatic rings. The van der Waals surface area contributed by atoms with E-state index in [1.165, 1.54) is 0 Å². The fourth-order valence-corrected chi connectivity index (χ4v) is 2.12. The summed E-state index contributed by atoms with van der Waals surface area (Å²) in [5, 5.41) is 0. The van der Waals surface area contributed by atoms with Crippen LogP contribution in [0.1, 0.15) is 19.5 Å². The third-order valence-electron chi connectivity index (χ3n) is 2.62. The van der Waals surface area contributed by atoms with Gasteiger partial charge in [0.2, 0.25) is 0 Å². The normalized spacial score (nSPS) is 10.5. The van der Waals surface area contributed by atoms with Crippen LogP contribution in [-0.2, 0) is 6.42 Å². The highest BCUT2D eigenvalue weighted by Crippen LogP contribution is 2.24. The quantitative estimate of drug-likeness (QED) is 0.839. The lowest BCUT2D eigenvalue weighted by Gasteiger charge is -2.12. The maximum Gasteiger partial charge on any atom is 0.182 e. The molecule has 0 spiro atoms. The number of aryl methyl sites for hydroxylation is 1. The van der Waals surface area contributed by atoms with E-state index >= 15 is 0 Å². The molecule has 1 N–H and O–H groups in total. The molecule has 0 saturated heterocycles. The third kappa shape index (κ3) is 2.26. The highest BCUT2D eigenvalue weighted by molar-refractivity contribution is 7.71. The second-order valence-corrected chi connectivity index (χ2v) is 4.06. The van der Waals surface area contributed by atoms with Crippen LogP contribution in [0.4, 0.5) is 0 Å². The number of hydrogen-bond acceptors (Lipinski definition) is 2. The summed E-state index contributed by atoms with van der Waals surface area (Å²) in [4.78, 5) is 3.08. The molecular formula is C13H16N2OS.